The van der Waals surface area contributed by atoms with E-state index in [2.05, 4.69) is 29.8 Å². The molecule has 4 rings (SSSR count). The first-order valence-corrected chi connectivity index (χ1v) is 7.40. The second-order valence-corrected chi connectivity index (χ2v) is 6.79. The molecule has 0 radical (unpaired) electrons. The van der Waals surface area contributed by atoms with Crippen LogP contribution in [0.4, 0.5) is 5.69 Å². The molecule has 3 heteroatoms. The molecule has 2 atom stereocenters. The van der Waals surface area contributed by atoms with E-state index < -0.39 is 0 Å². The van der Waals surface area contributed by atoms with E-state index in [0.717, 1.165) is 5.92 Å². The van der Waals surface area contributed by atoms with E-state index >= 15 is 0 Å². The van der Waals surface area contributed by atoms with Gasteiger partial charge >= 0.3 is 0 Å². The smallest absolute Gasteiger partial charge is 0.116 e. The Morgan fingerprint density at radius 1 is 1.37 bits per heavy atom. The SMILES string of the molecule is CN1c2ccc(O)cc2[C@]2(C)CCN(CC3CC3)[C@H]12. The highest BCUT2D eigenvalue weighted by atomic mass is 16.3. The largest absolute Gasteiger partial charge is 0.508 e. The summed E-state index contributed by atoms with van der Waals surface area (Å²) in [4.78, 5) is 5.08. The molecule has 1 aromatic carbocycles. The fraction of sp³-hybridized carbons (Fsp3) is 0.625. The average Bonchev–Trinajstić information content (AvgIpc) is 3.08. The number of rotatable bonds is 2. The van der Waals surface area contributed by atoms with Crippen LogP contribution in [0.5, 0.6) is 5.75 Å². The number of benzene rings is 1. The fourth-order valence-electron chi connectivity index (χ4n) is 4.22. The molecule has 2 fully saturated rings. The number of aromatic hydroxyl groups is 1. The molecule has 1 saturated heterocycles. The molecule has 3 nitrogen and oxygen atoms in total. The Hall–Kier alpha value is -1.22. The number of phenolic OH excluding ortho intramolecular Hbond substituents is 1. The molecule has 0 bridgehead atoms. The second-order valence-electron chi connectivity index (χ2n) is 6.79. The van der Waals surface area contributed by atoms with Gasteiger partial charge in [-0.15, -0.1) is 0 Å². The molecule has 19 heavy (non-hydrogen) atoms. The molecule has 0 spiro atoms. The highest BCUT2D eigenvalue weighted by molar-refractivity contribution is 5.65. The van der Waals surface area contributed by atoms with Gasteiger partial charge in [0, 0.05) is 31.2 Å². The van der Waals surface area contributed by atoms with Crippen molar-refractivity contribution >= 4 is 5.69 Å². The highest BCUT2D eigenvalue weighted by Gasteiger charge is 2.53. The Bertz CT molecular complexity index is 525. The lowest BCUT2D eigenvalue weighted by Gasteiger charge is -2.34. The topological polar surface area (TPSA) is 26.7 Å². The van der Waals surface area contributed by atoms with Gasteiger partial charge < -0.3 is 10.0 Å². The summed E-state index contributed by atoms with van der Waals surface area (Å²) in [6.07, 6.45) is 4.50. The third-order valence-electron chi connectivity index (χ3n) is 5.37. The Labute approximate surface area is 114 Å². The normalized spacial score (nSPS) is 33.6. The minimum Gasteiger partial charge on any atom is -0.508 e. The molecule has 2 heterocycles. The van der Waals surface area contributed by atoms with Crippen molar-refractivity contribution in [1.82, 2.24) is 4.90 Å². The Balaban J connectivity index is 1.74. The zero-order valence-electron chi connectivity index (χ0n) is 11.8. The number of anilines is 1. The van der Waals surface area contributed by atoms with Gasteiger partial charge in [0.25, 0.3) is 0 Å². The lowest BCUT2D eigenvalue weighted by molar-refractivity contribution is 0.215. The Morgan fingerprint density at radius 2 is 2.16 bits per heavy atom. The van der Waals surface area contributed by atoms with Gasteiger partial charge in [-0.05, 0) is 48.9 Å². The van der Waals surface area contributed by atoms with E-state index in [4.69, 9.17) is 0 Å². The molecule has 0 aromatic heterocycles. The summed E-state index contributed by atoms with van der Waals surface area (Å²) in [6.45, 7) is 4.81. The van der Waals surface area contributed by atoms with Crippen LogP contribution in [0.3, 0.4) is 0 Å². The zero-order chi connectivity index (χ0) is 13.2. The van der Waals surface area contributed by atoms with Crippen LogP contribution in [0.25, 0.3) is 0 Å². The monoisotopic (exact) mass is 258 g/mol. The lowest BCUT2D eigenvalue weighted by atomic mass is 9.81. The molecule has 2 aliphatic heterocycles. The summed E-state index contributed by atoms with van der Waals surface area (Å²) >= 11 is 0. The van der Waals surface area contributed by atoms with Gasteiger partial charge in [0.1, 0.15) is 5.75 Å². The number of likely N-dealkylation sites (N-methyl/N-ethyl adjacent to an activating group) is 1. The third kappa shape index (κ3) is 1.54. The van der Waals surface area contributed by atoms with E-state index in [0.29, 0.717) is 11.9 Å². The first-order valence-electron chi connectivity index (χ1n) is 7.40. The summed E-state index contributed by atoms with van der Waals surface area (Å²) in [5.74, 6) is 1.34. The number of nitrogens with zero attached hydrogens (tertiary/aromatic N) is 2. The molecular formula is C16H22N2O. The van der Waals surface area contributed by atoms with Crippen LogP contribution in [-0.4, -0.2) is 36.3 Å². The van der Waals surface area contributed by atoms with Crippen LogP contribution < -0.4 is 4.90 Å². The van der Waals surface area contributed by atoms with E-state index in [1.165, 1.54) is 43.6 Å². The summed E-state index contributed by atoms with van der Waals surface area (Å²) in [6, 6.07) is 5.86. The molecule has 3 aliphatic rings. The molecule has 102 valence electrons. The molecule has 1 aliphatic carbocycles. The van der Waals surface area contributed by atoms with E-state index in [1.54, 1.807) is 0 Å². The van der Waals surface area contributed by atoms with Gasteiger partial charge in [-0.2, -0.15) is 0 Å². The van der Waals surface area contributed by atoms with E-state index in [9.17, 15) is 5.11 Å². The van der Waals surface area contributed by atoms with Crippen LogP contribution in [0.15, 0.2) is 18.2 Å². The van der Waals surface area contributed by atoms with Crippen LogP contribution in [0, 0.1) is 5.92 Å². The number of likely N-dealkylation sites (tertiary alicyclic amines) is 1. The molecular weight excluding hydrogens is 236 g/mol. The van der Waals surface area contributed by atoms with Crippen molar-refractivity contribution in [2.24, 2.45) is 5.92 Å². The average molecular weight is 258 g/mol. The summed E-state index contributed by atoms with van der Waals surface area (Å²) in [5.41, 5.74) is 2.81. The predicted octanol–water partition coefficient (Wildman–Crippen LogP) is 2.54. The molecule has 1 aromatic rings. The summed E-state index contributed by atoms with van der Waals surface area (Å²) < 4.78 is 0. The van der Waals surface area contributed by atoms with Gasteiger partial charge in [-0.25, -0.2) is 0 Å². The van der Waals surface area contributed by atoms with E-state index in [-0.39, 0.29) is 5.41 Å². The maximum atomic E-state index is 9.81. The van der Waals surface area contributed by atoms with Crippen molar-refractivity contribution in [3.8, 4) is 5.75 Å². The predicted molar refractivity (Wildman–Crippen MR) is 76.6 cm³/mol. The van der Waals surface area contributed by atoms with Crippen molar-refractivity contribution in [2.75, 3.05) is 25.0 Å². The van der Waals surface area contributed by atoms with Crippen molar-refractivity contribution in [1.29, 1.82) is 0 Å². The van der Waals surface area contributed by atoms with Crippen LogP contribution in [0.1, 0.15) is 31.7 Å². The van der Waals surface area contributed by atoms with Crippen molar-refractivity contribution in [3.05, 3.63) is 23.8 Å². The number of hydrogen-bond donors (Lipinski definition) is 1. The maximum absolute atomic E-state index is 9.81. The number of hydrogen-bond acceptors (Lipinski definition) is 3. The second kappa shape index (κ2) is 3.66. The van der Waals surface area contributed by atoms with Crippen molar-refractivity contribution < 1.29 is 5.11 Å². The summed E-state index contributed by atoms with van der Waals surface area (Å²) in [7, 11) is 2.21. The van der Waals surface area contributed by atoms with Crippen LogP contribution >= 0.6 is 0 Å². The standard InChI is InChI=1S/C16H22N2O/c1-16-7-8-18(10-11-3-4-11)15(16)17(2)14-6-5-12(19)9-13(14)16/h5-6,9,11,15,19H,3-4,7-8,10H2,1-2H3/t15-,16-/m0/s1. The fourth-order valence-corrected chi connectivity index (χ4v) is 4.22. The van der Waals surface area contributed by atoms with Crippen LogP contribution in [0.2, 0.25) is 0 Å². The molecule has 0 amide bonds. The van der Waals surface area contributed by atoms with Crippen molar-refractivity contribution in [2.45, 2.75) is 37.8 Å². The van der Waals surface area contributed by atoms with E-state index in [1.807, 2.05) is 12.1 Å². The first-order chi connectivity index (χ1) is 9.09. The van der Waals surface area contributed by atoms with Gasteiger partial charge in [-0.3, -0.25) is 4.90 Å². The number of phenols is 1. The zero-order valence-corrected chi connectivity index (χ0v) is 11.8. The lowest BCUT2D eigenvalue weighted by Crippen LogP contribution is -2.47. The first kappa shape index (κ1) is 11.6. The highest BCUT2D eigenvalue weighted by Crippen LogP contribution is 2.52. The Morgan fingerprint density at radius 3 is 2.89 bits per heavy atom. The minimum absolute atomic E-state index is 0.178. The van der Waals surface area contributed by atoms with Gasteiger partial charge in [0.15, 0.2) is 0 Å². The molecule has 1 saturated carbocycles. The Kier molecular flexibility index (Phi) is 2.23. The van der Waals surface area contributed by atoms with Crippen molar-refractivity contribution in [3.63, 3.8) is 0 Å². The maximum Gasteiger partial charge on any atom is 0.116 e. The molecule has 1 N–H and O–H groups in total. The van der Waals surface area contributed by atoms with Gasteiger partial charge in [-0.1, -0.05) is 6.92 Å². The van der Waals surface area contributed by atoms with Crippen LogP contribution in [-0.2, 0) is 5.41 Å². The minimum atomic E-state index is 0.178. The van der Waals surface area contributed by atoms with Gasteiger partial charge in [0.05, 0.1) is 6.17 Å². The van der Waals surface area contributed by atoms with Gasteiger partial charge in [0.2, 0.25) is 0 Å². The molecule has 0 unspecified atom stereocenters. The summed E-state index contributed by atoms with van der Waals surface area (Å²) in [5, 5.41) is 9.81. The quantitative estimate of drug-likeness (QED) is 0.883. The third-order valence-corrected chi connectivity index (χ3v) is 5.37. The number of fused-ring (bicyclic) bond motifs is 3.